The molecule has 0 atom stereocenters. The van der Waals surface area contributed by atoms with Crippen LogP contribution in [0.4, 0.5) is 0 Å². The van der Waals surface area contributed by atoms with E-state index in [1.807, 2.05) is 31.2 Å². The maximum absolute atomic E-state index is 12.4. The Hall–Kier alpha value is -3.94. The van der Waals surface area contributed by atoms with Gasteiger partial charge in [0.1, 0.15) is 18.8 Å². The van der Waals surface area contributed by atoms with E-state index < -0.39 is 11.9 Å². The van der Waals surface area contributed by atoms with Crippen molar-refractivity contribution < 1.29 is 19.1 Å². The van der Waals surface area contributed by atoms with Gasteiger partial charge in [-0.25, -0.2) is 9.78 Å². The zero-order valence-electron chi connectivity index (χ0n) is 16.5. The van der Waals surface area contributed by atoms with Crippen LogP contribution in [0, 0.1) is 6.92 Å². The molecule has 0 unspecified atom stereocenters. The van der Waals surface area contributed by atoms with Crippen LogP contribution in [0.25, 0.3) is 16.6 Å². The van der Waals surface area contributed by atoms with Crippen LogP contribution < -0.4 is 5.56 Å². The van der Waals surface area contributed by atoms with Crippen LogP contribution in [0.3, 0.4) is 0 Å². The summed E-state index contributed by atoms with van der Waals surface area (Å²) in [6, 6.07) is 12.2. The van der Waals surface area contributed by atoms with Crippen LogP contribution in [-0.2, 0) is 27.4 Å². The Labute approximate surface area is 171 Å². The molecule has 3 aromatic heterocycles. The summed E-state index contributed by atoms with van der Waals surface area (Å²) in [7, 11) is 1.31. The van der Waals surface area contributed by atoms with Gasteiger partial charge in [-0.05, 0) is 24.6 Å². The summed E-state index contributed by atoms with van der Waals surface area (Å²) >= 11 is 0. The Kier molecular flexibility index (Phi) is 5.05. The molecule has 4 aromatic rings. The number of carbonyl (C=O) groups excluding carboxylic acids is 2. The third-order valence-corrected chi connectivity index (χ3v) is 4.81. The van der Waals surface area contributed by atoms with Gasteiger partial charge in [-0.15, -0.1) is 0 Å². The number of pyridine rings is 1. The summed E-state index contributed by atoms with van der Waals surface area (Å²) in [6.07, 6.45) is 3.21. The zero-order chi connectivity index (χ0) is 21.3. The molecule has 152 valence electrons. The van der Waals surface area contributed by atoms with Crippen molar-refractivity contribution in [3.8, 4) is 0 Å². The molecular formula is C22H19N3O5. The Morgan fingerprint density at radius 2 is 1.93 bits per heavy atom. The number of ether oxygens (including phenoxy) is 2. The topological polar surface area (TPSA) is 91.9 Å². The maximum atomic E-state index is 12.4. The molecule has 0 bridgehead atoms. The number of aromatic nitrogens is 3. The Balaban J connectivity index is 1.54. The summed E-state index contributed by atoms with van der Waals surface area (Å²) in [5, 5.41) is 0.692. The first kappa shape index (κ1) is 19.4. The maximum Gasteiger partial charge on any atom is 0.340 e. The molecule has 0 aliphatic heterocycles. The highest BCUT2D eigenvalue weighted by atomic mass is 16.5. The molecule has 0 amide bonds. The molecule has 0 aliphatic rings. The number of carbonyl (C=O) groups is 2. The highest BCUT2D eigenvalue weighted by molar-refractivity contribution is 6.04. The number of aryl methyl sites for hydroxylation is 1. The van der Waals surface area contributed by atoms with Gasteiger partial charge in [0.25, 0.3) is 5.56 Å². The normalized spacial score (nSPS) is 11.0. The van der Waals surface area contributed by atoms with Crippen molar-refractivity contribution in [1.82, 2.24) is 14.0 Å². The summed E-state index contributed by atoms with van der Waals surface area (Å²) in [5.74, 6) is -0.992. The second kappa shape index (κ2) is 7.82. The molecule has 8 nitrogen and oxygen atoms in total. The van der Waals surface area contributed by atoms with Crippen molar-refractivity contribution in [3.05, 3.63) is 82.0 Å². The fourth-order valence-electron chi connectivity index (χ4n) is 3.37. The van der Waals surface area contributed by atoms with Gasteiger partial charge >= 0.3 is 11.9 Å². The first-order chi connectivity index (χ1) is 14.5. The molecule has 0 saturated heterocycles. The number of fused-ring (bicyclic) bond motifs is 2. The van der Waals surface area contributed by atoms with Crippen LogP contribution in [-0.4, -0.2) is 33.0 Å². The van der Waals surface area contributed by atoms with Crippen molar-refractivity contribution in [3.63, 3.8) is 0 Å². The van der Waals surface area contributed by atoms with Crippen molar-refractivity contribution in [2.45, 2.75) is 20.1 Å². The molecule has 8 heteroatoms. The van der Waals surface area contributed by atoms with E-state index in [1.54, 1.807) is 29.1 Å². The summed E-state index contributed by atoms with van der Waals surface area (Å²) in [5.41, 5.74) is 2.59. The average molecular weight is 405 g/mol. The van der Waals surface area contributed by atoms with E-state index in [-0.39, 0.29) is 18.7 Å². The fourth-order valence-corrected chi connectivity index (χ4v) is 3.37. The second-order valence-corrected chi connectivity index (χ2v) is 6.81. The summed E-state index contributed by atoms with van der Waals surface area (Å²) in [4.78, 5) is 41.1. The van der Waals surface area contributed by atoms with Gasteiger partial charge in [0.2, 0.25) is 0 Å². The lowest BCUT2D eigenvalue weighted by Crippen LogP contribution is -2.18. The second-order valence-electron chi connectivity index (χ2n) is 6.81. The van der Waals surface area contributed by atoms with Gasteiger partial charge < -0.3 is 14.0 Å². The third-order valence-electron chi connectivity index (χ3n) is 4.81. The molecule has 0 fully saturated rings. The molecule has 0 saturated carbocycles. The lowest BCUT2D eigenvalue weighted by atomic mass is 10.2. The van der Waals surface area contributed by atoms with Crippen LogP contribution >= 0.6 is 0 Å². The predicted molar refractivity (Wildman–Crippen MR) is 109 cm³/mol. The van der Waals surface area contributed by atoms with E-state index in [2.05, 4.69) is 4.98 Å². The van der Waals surface area contributed by atoms with E-state index in [9.17, 15) is 14.4 Å². The van der Waals surface area contributed by atoms with E-state index >= 15 is 0 Å². The highest BCUT2D eigenvalue weighted by Crippen LogP contribution is 2.22. The Morgan fingerprint density at radius 1 is 1.13 bits per heavy atom. The largest absolute Gasteiger partial charge is 0.465 e. The van der Waals surface area contributed by atoms with Crippen molar-refractivity contribution >= 4 is 28.5 Å². The van der Waals surface area contributed by atoms with E-state index in [4.69, 9.17) is 9.47 Å². The molecule has 3 heterocycles. The van der Waals surface area contributed by atoms with Gasteiger partial charge in [0.15, 0.2) is 0 Å². The number of methoxy groups -OCH3 is 1. The van der Waals surface area contributed by atoms with Crippen LogP contribution in [0.2, 0.25) is 0 Å². The number of rotatable bonds is 5. The first-order valence-corrected chi connectivity index (χ1v) is 9.27. The van der Waals surface area contributed by atoms with Gasteiger partial charge in [-0.2, -0.15) is 0 Å². The Morgan fingerprint density at radius 3 is 2.73 bits per heavy atom. The number of para-hydroxylation sites is 1. The predicted octanol–water partition coefficient (Wildman–Crippen LogP) is 2.49. The Bertz CT molecular complexity index is 1340. The molecule has 30 heavy (non-hydrogen) atoms. The highest BCUT2D eigenvalue weighted by Gasteiger charge is 2.17. The van der Waals surface area contributed by atoms with Crippen LogP contribution in [0.1, 0.15) is 21.6 Å². The first-order valence-electron chi connectivity index (χ1n) is 9.27. The van der Waals surface area contributed by atoms with Crippen LogP contribution in [0.5, 0.6) is 0 Å². The lowest BCUT2D eigenvalue weighted by Gasteiger charge is -2.08. The minimum atomic E-state index is -0.515. The fraction of sp³-hybridized carbons (Fsp3) is 0.182. The average Bonchev–Trinajstić information content (AvgIpc) is 3.11. The van der Waals surface area contributed by atoms with Gasteiger partial charge in [0.05, 0.1) is 18.4 Å². The van der Waals surface area contributed by atoms with Gasteiger partial charge in [-0.1, -0.05) is 24.3 Å². The zero-order valence-corrected chi connectivity index (χ0v) is 16.5. The van der Waals surface area contributed by atoms with Crippen molar-refractivity contribution in [1.29, 1.82) is 0 Å². The minimum Gasteiger partial charge on any atom is -0.465 e. The van der Waals surface area contributed by atoms with Crippen LogP contribution in [0.15, 0.2) is 59.7 Å². The molecule has 4 rings (SSSR count). The van der Waals surface area contributed by atoms with Crippen molar-refractivity contribution in [2.75, 3.05) is 7.11 Å². The third kappa shape index (κ3) is 3.55. The summed E-state index contributed by atoms with van der Waals surface area (Å²) in [6.45, 7) is 1.64. The molecule has 1 aromatic carbocycles. The number of nitrogens with zero attached hydrogens (tertiary/aromatic N) is 3. The standard InChI is InChI=1S/C22H19N3O5/c1-14-6-5-9-25-19(26)10-15(23-21(14)25)13-30-20(27)12-24-11-17(22(28)29-2)16-7-3-4-8-18(16)24/h3-11H,12-13H2,1-2H3. The molecule has 0 N–H and O–H groups in total. The number of esters is 2. The van der Waals surface area contributed by atoms with Gasteiger partial charge in [0, 0.05) is 29.4 Å². The molecule has 0 radical (unpaired) electrons. The number of hydrogen-bond acceptors (Lipinski definition) is 6. The lowest BCUT2D eigenvalue weighted by molar-refractivity contribution is -0.145. The van der Waals surface area contributed by atoms with Crippen molar-refractivity contribution in [2.24, 2.45) is 0 Å². The minimum absolute atomic E-state index is 0.0941. The van der Waals surface area contributed by atoms with E-state index in [0.717, 1.165) is 5.56 Å². The smallest absolute Gasteiger partial charge is 0.340 e. The monoisotopic (exact) mass is 405 g/mol. The number of hydrogen-bond donors (Lipinski definition) is 0. The van der Waals surface area contributed by atoms with Gasteiger partial charge in [-0.3, -0.25) is 14.0 Å². The number of benzene rings is 1. The molecular weight excluding hydrogens is 386 g/mol. The molecule has 0 spiro atoms. The SMILES string of the molecule is COC(=O)c1cn(CC(=O)OCc2cc(=O)n3cccc(C)c3n2)c2ccccc12. The summed E-state index contributed by atoms with van der Waals surface area (Å²) < 4.78 is 13.2. The molecule has 0 aliphatic carbocycles. The van der Waals surface area contributed by atoms with E-state index in [1.165, 1.54) is 17.6 Å². The quantitative estimate of drug-likeness (QED) is 0.474. The van der Waals surface area contributed by atoms with E-state index in [0.29, 0.717) is 27.8 Å².